The van der Waals surface area contributed by atoms with Crippen molar-refractivity contribution in [3.63, 3.8) is 0 Å². The summed E-state index contributed by atoms with van der Waals surface area (Å²) in [5, 5.41) is 0.775. The molecule has 2 aromatic carbocycles. The maximum atomic E-state index is 13.4. The number of methoxy groups -OCH3 is 1. The Morgan fingerprint density at radius 1 is 1.04 bits per heavy atom. The first kappa shape index (κ1) is 19.7. The maximum Gasteiger partial charge on any atom is 0.322 e. The van der Waals surface area contributed by atoms with Crippen LogP contribution in [0.5, 0.6) is 5.75 Å². The molecule has 1 aromatic heterocycles. The predicted molar refractivity (Wildman–Crippen MR) is 109 cm³/mol. The predicted octanol–water partition coefficient (Wildman–Crippen LogP) is 4.79. The highest BCUT2D eigenvalue weighted by Gasteiger charge is 2.36. The van der Waals surface area contributed by atoms with Gasteiger partial charge >= 0.3 is 5.97 Å². The Balaban J connectivity index is 2.19. The number of carbonyl (C=O) groups excluding carboxylic acids is 2. The highest BCUT2D eigenvalue weighted by atomic mass is 16.6. The summed E-state index contributed by atoms with van der Waals surface area (Å²) in [6.07, 6.45) is 0. The van der Waals surface area contributed by atoms with Crippen LogP contribution in [0.2, 0.25) is 0 Å². The molecule has 3 rings (SSSR count). The van der Waals surface area contributed by atoms with Crippen LogP contribution in [0, 0.1) is 6.92 Å². The number of benzene rings is 2. The van der Waals surface area contributed by atoms with Gasteiger partial charge in [0.15, 0.2) is 5.78 Å². The molecular formula is C23H25NO4. The number of hydrogen-bond donors (Lipinski definition) is 1. The van der Waals surface area contributed by atoms with Gasteiger partial charge in [-0.3, -0.25) is 9.59 Å². The van der Waals surface area contributed by atoms with Crippen molar-refractivity contribution in [3.05, 3.63) is 65.4 Å². The number of nitrogens with one attached hydrogen (secondary N) is 1. The largest absolute Gasteiger partial charge is 0.497 e. The lowest BCUT2D eigenvalue weighted by atomic mass is 9.88. The Kier molecular flexibility index (Phi) is 5.27. The molecule has 3 aromatic rings. The number of hydrogen-bond acceptors (Lipinski definition) is 4. The van der Waals surface area contributed by atoms with Crippen molar-refractivity contribution in [2.24, 2.45) is 0 Å². The minimum absolute atomic E-state index is 0.290. The van der Waals surface area contributed by atoms with Gasteiger partial charge in [0.05, 0.1) is 7.11 Å². The average Bonchev–Trinajstić information content (AvgIpc) is 2.96. The van der Waals surface area contributed by atoms with E-state index in [-0.39, 0.29) is 5.78 Å². The van der Waals surface area contributed by atoms with Crippen molar-refractivity contribution >= 4 is 22.7 Å². The number of H-pyrrole nitrogens is 1. The van der Waals surface area contributed by atoms with Crippen molar-refractivity contribution in [1.29, 1.82) is 0 Å². The second-order valence-corrected chi connectivity index (χ2v) is 7.77. The average molecular weight is 379 g/mol. The SMILES string of the molecule is COc1ccc2[nH]c(C)c(C(C(=O)OC(C)(C)C)C(=O)c3ccccc3)c2c1. The molecule has 1 heterocycles. The number of aromatic nitrogens is 1. The van der Waals surface area contributed by atoms with Gasteiger partial charge in [0.25, 0.3) is 0 Å². The number of ether oxygens (including phenoxy) is 2. The van der Waals surface area contributed by atoms with E-state index in [1.807, 2.05) is 31.2 Å². The number of esters is 1. The molecule has 28 heavy (non-hydrogen) atoms. The number of aromatic amines is 1. The lowest BCUT2D eigenvalue weighted by Gasteiger charge is -2.24. The molecule has 0 spiro atoms. The zero-order chi connectivity index (χ0) is 20.5. The molecule has 0 aliphatic carbocycles. The summed E-state index contributed by atoms with van der Waals surface area (Å²) in [6.45, 7) is 7.23. The minimum atomic E-state index is -1.07. The van der Waals surface area contributed by atoms with Gasteiger partial charge in [-0.15, -0.1) is 0 Å². The summed E-state index contributed by atoms with van der Waals surface area (Å²) in [5.74, 6) is -1.26. The van der Waals surface area contributed by atoms with Crippen molar-refractivity contribution in [2.75, 3.05) is 7.11 Å². The Hall–Kier alpha value is -3.08. The van der Waals surface area contributed by atoms with Crippen LogP contribution in [0.25, 0.3) is 10.9 Å². The van der Waals surface area contributed by atoms with E-state index in [2.05, 4.69) is 4.98 Å². The molecule has 0 aliphatic rings. The zero-order valence-corrected chi connectivity index (χ0v) is 16.8. The molecule has 0 saturated carbocycles. The third kappa shape index (κ3) is 3.93. The molecule has 0 saturated heterocycles. The van der Waals surface area contributed by atoms with Crippen LogP contribution >= 0.6 is 0 Å². The molecule has 0 aliphatic heterocycles. The van der Waals surface area contributed by atoms with Gasteiger partial charge < -0.3 is 14.5 Å². The van der Waals surface area contributed by atoms with E-state index in [1.54, 1.807) is 52.1 Å². The van der Waals surface area contributed by atoms with Gasteiger partial charge in [0, 0.05) is 27.7 Å². The number of aryl methyl sites for hydroxylation is 1. The summed E-state index contributed by atoms with van der Waals surface area (Å²) in [6, 6.07) is 14.4. The highest BCUT2D eigenvalue weighted by molar-refractivity contribution is 6.15. The Morgan fingerprint density at radius 3 is 2.32 bits per heavy atom. The van der Waals surface area contributed by atoms with E-state index in [4.69, 9.17) is 9.47 Å². The lowest BCUT2D eigenvalue weighted by molar-refractivity contribution is -0.155. The molecule has 5 heteroatoms. The Labute approximate surface area is 164 Å². The minimum Gasteiger partial charge on any atom is -0.497 e. The Morgan fingerprint density at radius 2 is 1.71 bits per heavy atom. The van der Waals surface area contributed by atoms with Crippen LogP contribution in [0.4, 0.5) is 0 Å². The topological polar surface area (TPSA) is 68.4 Å². The second-order valence-electron chi connectivity index (χ2n) is 7.77. The fraction of sp³-hybridized carbons (Fsp3) is 0.304. The lowest BCUT2D eigenvalue weighted by Crippen LogP contribution is -2.31. The fourth-order valence-corrected chi connectivity index (χ4v) is 3.31. The Bertz CT molecular complexity index is 1010. The number of rotatable bonds is 5. The first-order valence-corrected chi connectivity index (χ1v) is 9.19. The standard InChI is InChI=1S/C23H25NO4/c1-14-19(17-13-16(27-5)11-12-18(17)24-14)20(22(26)28-23(2,3)4)21(25)15-9-7-6-8-10-15/h6-13,20,24H,1-5H3. The van der Waals surface area contributed by atoms with Gasteiger partial charge in [0.2, 0.25) is 0 Å². The second kappa shape index (κ2) is 7.50. The van der Waals surface area contributed by atoms with Crippen molar-refractivity contribution in [2.45, 2.75) is 39.2 Å². The molecule has 1 N–H and O–H groups in total. The molecule has 5 nitrogen and oxygen atoms in total. The van der Waals surface area contributed by atoms with E-state index in [0.717, 1.165) is 16.6 Å². The third-order valence-electron chi connectivity index (χ3n) is 4.49. The number of fused-ring (bicyclic) bond motifs is 1. The van der Waals surface area contributed by atoms with Gasteiger partial charge in [-0.05, 0) is 45.9 Å². The zero-order valence-electron chi connectivity index (χ0n) is 16.8. The van der Waals surface area contributed by atoms with E-state index >= 15 is 0 Å². The quantitative estimate of drug-likeness (QED) is 0.393. The first-order chi connectivity index (χ1) is 13.2. The van der Waals surface area contributed by atoms with Gasteiger partial charge in [0.1, 0.15) is 17.3 Å². The number of Topliss-reactive ketones (excluding diaryl/α,β-unsaturated/α-hetero) is 1. The van der Waals surface area contributed by atoms with Crippen LogP contribution < -0.4 is 4.74 Å². The summed E-state index contributed by atoms with van der Waals surface area (Å²) in [7, 11) is 1.58. The van der Waals surface area contributed by atoms with E-state index in [1.165, 1.54) is 0 Å². The molecule has 0 fully saturated rings. The monoisotopic (exact) mass is 379 g/mol. The van der Waals surface area contributed by atoms with E-state index in [9.17, 15) is 9.59 Å². The molecule has 146 valence electrons. The van der Waals surface area contributed by atoms with E-state index < -0.39 is 17.5 Å². The summed E-state index contributed by atoms with van der Waals surface area (Å²) in [5.41, 5.74) is 1.97. The van der Waals surface area contributed by atoms with Crippen LogP contribution in [-0.2, 0) is 9.53 Å². The molecule has 1 unspecified atom stereocenters. The first-order valence-electron chi connectivity index (χ1n) is 9.19. The van der Waals surface area contributed by atoms with Gasteiger partial charge in [-0.1, -0.05) is 30.3 Å². The molecule has 0 radical (unpaired) electrons. The third-order valence-corrected chi connectivity index (χ3v) is 4.49. The fourth-order valence-electron chi connectivity index (χ4n) is 3.31. The maximum absolute atomic E-state index is 13.4. The van der Waals surface area contributed by atoms with Crippen LogP contribution in [0.15, 0.2) is 48.5 Å². The molecule has 0 bridgehead atoms. The van der Waals surface area contributed by atoms with Crippen LogP contribution in [0.3, 0.4) is 0 Å². The number of ketones is 1. The molecule has 1 atom stereocenters. The van der Waals surface area contributed by atoms with Crippen LogP contribution in [-0.4, -0.2) is 29.4 Å². The van der Waals surface area contributed by atoms with Crippen LogP contribution in [0.1, 0.15) is 48.3 Å². The van der Waals surface area contributed by atoms with Crippen molar-refractivity contribution in [3.8, 4) is 5.75 Å². The van der Waals surface area contributed by atoms with Crippen molar-refractivity contribution in [1.82, 2.24) is 4.98 Å². The summed E-state index contributed by atoms with van der Waals surface area (Å²) >= 11 is 0. The van der Waals surface area contributed by atoms with Crippen molar-refractivity contribution < 1.29 is 19.1 Å². The van der Waals surface area contributed by atoms with Gasteiger partial charge in [-0.25, -0.2) is 0 Å². The normalized spacial score (nSPS) is 12.6. The molecule has 0 amide bonds. The summed E-state index contributed by atoms with van der Waals surface area (Å²) < 4.78 is 11.0. The number of carbonyl (C=O) groups is 2. The van der Waals surface area contributed by atoms with Gasteiger partial charge in [-0.2, -0.15) is 0 Å². The van der Waals surface area contributed by atoms with E-state index in [0.29, 0.717) is 16.9 Å². The summed E-state index contributed by atoms with van der Waals surface area (Å²) in [4.78, 5) is 29.8. The highest BCUT2D eigenvalue weighted by Crippen LogP contribution is 2.35. The molecular weight excluding hydrogens is 354 g/mol. The smallest absolute Gasteiger partial charge is 0.322 e.